The topological polar surface area (TPSA) is 25.8 Å². The van der Waals surface area contributed by atoms with E-state index in [4.69, 9.17) is 0 Å². The number of rotatable bonds is 2. The van der Waals surface area contributed by atoms with Crippen LogP contribution in [0.5, 0.6) is 0 Å². The average molecular weight is 486 g/mol. The Labute approximate surface area is 162 Å². The highest BCUT2D eigenvalue weighted by molar-refractivity contribution is 9.11. The van der Waals surface area contributed by atoms with E-state index in [0.29, 0.717) is 0 Å². The van der Waals surface area contributed by atoms with Crippen molar-refractivity contribution in [2.45, 2.75) is 13.8 Å². The van der Waals surface area contributed by atoms with Crippen molar-refractivity contribution in [3.63, 3.8) is 0 Å². The third kappa shape index (κ3) is 2.62. The Morgan fingerprint density at radius 3 is 1.52 bits per heavy atom. The molecule has 0 aliphatic heterocycles. The Kier molecular flexibility index (Phi) is 4.18. The first-order valence-electron chi connectivity index (χ1n) is 6.83. The van der Waals surface area contributed by atoms with Crippen LogP contribution >= 0.6 is 66.3 Å². The SMILES string of the molecule is Cc1c(C)c(-c2ccc(Br)s2)c2nsnc2c1-c1ccc(Br)s1. The zero-order valence-corrected chi connectivity index (χ0v) is 17.8. The quantitative estimate of drug-likeness (QED) is 0.298. The van der Waals surface area contributed by atoms with Crippen LogP contribution in [0.2, 0.25) is 0 Å². The van der Waals surface area contributed by atoms with Crippen molar-refractivity contribution in [1.82, 2.24) is 8.75 Å². The van der Waals surface area contributed by atoms with Crippen LogP contribution in [-0.2, 0) is 0 Å². The maximum absolute atomic E-state index is 4.61. The first-order chi connectivity index (χ1) is 11.1. The monoisotopic (exact) mass is 484 g/mol. The van der Waals surface area contributed by atoms with Gasteiger partial charge in [0.15, 0.2) is 0 Å². The summed E-state index contributed by atoms with van der Waals surface area (Å²) in [5.74, 6) is 0. The van der Waals surface area contributed by atoms with E-state index in [1.54, 1.807) is 22.7 Å². The second kappa shape index (κ2) is 6.04. The molecule has 116 valence electrons. The maximum atomic E-state index is 4.61. The molecule has 3 aromatic heterocycles. The summed E-state index contributed by atoms with van der Waals surface area (Å²) in [4.78, 5) is 2.46. The number of benzene rings is 1. The average Bonchev–Trinajstić information content (AvgIpc) is 3.23. The minimum absolute atomic E-state index is 1.01. The minimum Gasteiger partial charge on any atom is -0.172 e. The van der Waals surface area contributed by atoms with Gasteiger partial charge in [-0.3, -0.25) is 0 Å². The summed E-state index contributed by atoms with van der Waals surface area (Å²) in [7, 11) is 0. The molecule has 0 unspecified atom stereocenters. The summed E-state index contributed by atoms with van der Waals surface area (Å²) in [6.45, 7) is 4.37. The van der Waals surface area contributed by atoms with Gasteiger partial charge in [-0.1, -0.05) is 0 Å². The lowest BCUT2D eigenvalue weighted by atomic mass is 9.94. The zero-order valence-electron chi connectivity index (χ0n) is 12.2. The van der Waals surface area contributed by atoms with Crippen molar-refractivity contribution < 1.29 is 0 Å². The van der Waals surface area contributed by atoms with Gasteiger partial charge < -0.3 is 0 Å². The van der Waals surface area contributed by atoms with Crippen LogP contribution in [0.15, 0.2) is 31.8 Å². The number of halogens is 2. The number of fused-ring (bicyclic) bond motifs is 1. The molecule has 4 aromatic rings. The predicted octanol–water partition coefficient (Wildman–Crippen LogP) is 7.29. The molecule has 0 fully saturated rings. The molecule has 0 amide bonds. The summed E-state index contributed by atoms with van der Waals surface area (Å²) >= 11 is 11.9. The van der Waals surface area contributed by atoms with Gasteiger partial charge in [0.25, 0.3) is 0 Å². The molecule has 0 aliphatic carbocycles. The molecule has 2 nitrogen and oxygen atoms in total. The minimum atomic E-state index is 1.01. The normalized spacial score (nSPS) is 11.5. The van der Waals surface area contributed by atoms with Gasteiger partial charge >= 0.3 is 0 Å². The predicted molar refractivity (Wildman–Crippen MR) is 109 cm³/mol. The Morgan fingerprint density at radius 2 is 1.17 bits per heavy atom. The molecule has 4 rings (SSSR count). The fourth-order valence-corrected chi connectivity index (χ4v) is 6.29. The van der Waals surface area contributed by atoms with E-state index in [0.717, 1.165) is 18.6 Å². The molecular weight excluding hydrogens is 476 g/mol. The summed E-state index contributed by atoms with van der Waals surface area (Å²) in [5, 5.41) is 0. The highest BCUT2D eigenvalue weighted by atomic mass is 79.9. The van der Waals surface area contributed by atoms with Gasteiger partial charge in [-0.15, -0.1) is 22.7 Å². The molecule has 0 bridgehead atoms. The first kappa shape index (κ1) is 15.9. The maximum Gasteiger partial charge on any atom is 0.114 e. The molecule has 0 N–H and O–H groups in total. The second-order valence-electron chi connectivity index (χ2n) is 5.17. The molecule has 0 spiro atoms. The van der Waals surface area contributed by atoms with Gasteiger partial charge in [0, 0.05) is 20.9 Å². The van der Waals surface area contributed by atoms with Crippen molar-refractivity contribution >= 4 is 77.3 Å². The number of aromatic nitrogens is 2. The largest absolute Gasteiger partial charge is 0.172 e. The van der Waals surface area contributed by atoms with Gasteiger partial charge in [0.05, 0.1) is 19.3 Å². The van der Waals surface area contributed by atoms with Crippen LogP contribution in [0.25, 0.3) is 31.9 Å². The van der Waals surface area contributed by atoms with Gasteiger partial charge in [0.1, 0.15) is 11.0 Å². The lowest BCUT2D eigenvalue weighted by Crippen LogP contribution is -1.93. The second-order valence-corrected chi connectivity index (χ2v) is 10.6. The van der Waals surface area contributed by atoms with E-state index >= 15 is 0 Å². The number of thiophene rings is 2. The standard InChI is InChI=1S/C16H10Br2N2S3/c1-7-8(2)14(10-4-6-12(18)22-10)16-15(19-23-20-16)13(7)9-3-5-11(17)21-9/h3-6H,1-2H3. The lowest BCUT2D eigenvalue weighted by Gasteiger charge is -2.13. The van der Waals surface area contributed by atoms with Crippen LogP contribution in [0, 0.1) is 13.8 Å². The van der Waals surface area contributed by atoms with Crippen LogP contribution in [0.3, 0.4) is 0 Å². The van der Waals surface area contributed by atoms with Gasteiger partial charge in [-0.2, -0.15) is 8.75 Å². The van der Waals surface area contributed by atoms with E-state index in [2.05, 4.69) is 78.7 Å². The first-order valence-corrected chi connectivity index (χ1v) is 10.8. The third-order valence-electron chi connectivity index (χ3n) is 3.91. The Morgan fingerprint density at radius 1 is 0.739 bits per heavy atom. The number of hydrogen-bond acceptors (Lipinski definition) is 5. The molecule has 0 saturated heterocycles. The molecule has 23 heavy (non-hydrogen) atoms. The molecule has 3 heterocycles. The van der Waals surface area contributed by atoms with Gasteiger partial charge in [0.2, 0.25) is 0 Å². The van der Waals surface area contributed by atoms with E-state index in [1.807, 2.05) is 0 Å². The van der Waals surface area contributed by atoms with Crippen molar-refractivity contribution in [2.24, 2.45) is 0 Å². The molecule has 0 saturated carbocycles. The molecular formula is C16H10Br2N2S3. The molecule has 0 aliphatic rings. The summed E-state index contributed by atoms with van der Waals surface area (Å²) in [6.07, 6.45) is 0. The number of hydrogen-bond donors (Lipinski definition) is 0. The van der Waals surface area contributed by atoms with Gasteiger partial charge in [-0.25, -0.2) is 0 Å². The van der Waals surface area contributed by atoms with Crippen LogP contribution in [-0.4, -0.2) is 8.75 Å². The van der Waals surface area contributed by atoms with Gasteiger partial charge in [-0.05, 0) is 81.1 Å². The van der Waals surface area contributed by atoms with Crippen molar-refractivity contribution in [3.05, 3.63) is 43.0 Å². The molecule has 0 radical (unpaired) electrons. The van der Waals surface area contributed by atoms with E-state index in [9.17, 15) is 0 Å². The number of nitrogens with zero attached hydrogens (tertiary/aromatic N) is 2. The van der Waals surface area contributed by atoms with E-state index in [1.165, 1.54) is 43.7 Å². The molecule has 1 aromatic carbocycles. The summed E-state index contributed by atoms with van der Waals surface area (Å²) in [5.41, 5.74) is 6.99. The smallest absolute Gasteiger partial charge is 0.114 e. The fraction of sp³-hybridized carbons (Fsp3) is 0.125. The van der Waals surface area contributed by atoms with E-state index < -0.39 is 0 Å². The van der Waals surface area contributed by atoms with Crippen LogP contribution in [0.4, 0.5) is 0 Å². The highest BCUT2D eigenvalue weighted by Gasteiger charge is 2.21. The Balaban J connectivity index is 2.09. The van der Waals surface area contributed by atoms with Crippen LogP contribution in [0.1, 0.15) is 11.1 Å². The highest BCUT2D eigenvalue weighted by Crippen LogP contribution is 2.44. The zero-order chi connectivity index (χ0) is 16.1. The third-order valence-corrected chi connectivity index (χ3v) is 7.72. The van der Waals surface area contributed by atoms with Crippen LogP contribution < -0.4 is 0 Å². The molecule has 7 heteroatoms. The summed E-state index contributed by atoms with van der Waals surface area (Å²) in [6, 6.07) is 8.48. The summed E-state index contributed by atoms with van der Waals surface area (Å²) < 4.78 is 11.5. The fourth-order valence-electron chi connectivity index (χ4n) is 2.75. The van der Waals surface area contributed by atoms with E-state index in [-0.39, 0.29) is 0 Å². The Bertz CT molecular complexity index is 949. The van der Waals surface area contributed by atoms with Crippen molar-refractivity contribution in [1.29, 1.82) is 0 Å². The molecule has 0 atom stereocenters. The van der Waals surface area contributed by atoms with Crippen molar-refractivity contribution in [3.8, 4) is 20.9 Å². The lowest BCUT2D eigenvalue weighted by molar-refractivity contribution is 1.36. The van der Waals surface area contributed by atoms with Crippen molar-refractivity contribution in [2.75, 3.05) is 0 Å². The Hall–Kier alpha value is -0.600.